The average molecular weight is 242 g/mol. The Hall–Kier alpha value is -1.46. The fourth-order valence-corrected chi connectivity index (χ4v) is 1.50. The summed E-state index contributed by atoms with van der Waals surface area (Å²) in [5.74, 6) is 5.54. The fourth-order valence-electron chi connectivity index (χ4n) is 1.50. The first kappa shape index (κ1) is 13.6. The molecule has 0 fully saturated rings. The number of hydrazine groups is 1. The highest BCUT2D eigenvalue weighted by Gasteiger charge is 2.14. The number of benzene rings is 1. The lowest BCUT2D eigenvalue weighted by molar-refractivity contribution is -0.0506. The van der Waals surface area contributed by atoms with Gasteiger partial charge in [0.15, 0.2) is 0 Å². The highest BCUT2D eigenvalue weighted by atomic mass is 19.3. The van der Waals surface area contributed by atoms with Crippen LogP contribution in [-0.4, -0.2) is 6.61 Å². The van der Waals surface area contributed by atoms with E-state index < -0.39 is 6.61 Å². The van der Waals surface area contributed by atoms with Crippen molar-refractivity contribution in [3.63, 3.8) is 0 Å². The Kier molecular flexibility index (Phi) is 5.06. The van der Waals surface area contributed by atoms with E-state index in [4.69, 9.17) is 5.84 Å². The van der Waals surface area contributed by atoms with E-state index in [-0.39, 0.29) is 11.8 Å². The van der Waals surface area contributed by atoms with Gasteiger partial charge in [-0.1, -0.05) is 29.8 Å². The number of ether oxygens (including phenoxy) is 1. The van der Waals surface area contributed by atoms with E-state index in [1.807, 2.05) is 19.9 Å². The van der Waals surface area contributed by atoms with E-state index in [1.165, 1.54) is 6.07 Å². The first-order chi connectivity index (χ1) is 8.04. The fraction of sp³-hybridized carbons (Fsp3) is 0.333. The summed E-state index contributed by atoms with van der Waals surface area (Å²) in [5.41, 5.74) is 4.17. The molecule has 0 saturated heterocycles. The molecule has 0 bridgehead atoms. The van der Waals surface area contributed by atoms with Crippen LogP contribution in [0.3, 0.4) is 0 Å². The monoisotopic (exact) mass is 242 g/mol. The van der Waals surface area contributed by atoms with Crippen molar-refractivity contribution in [1.29, 1.82) is 0 Å². The predicted molar refractivity (Wildman–Crippen MR) is 62.6 cm³/mol. The second-order valence-corrected chi connectivity index (χ2v) is 3.80. The van der Waals surface area contributed by atoms with Crippen molar-refractivity contribution in [2.24, 2.45) is 5.84 Å². The van der Waals surface area contributed by atoms with Gasteiger partial charge < -0.3 is 4.74 Å². The average Bonchev–Trinajstić information content (AvgIpc) is 2.26. The number of hydrogen-bond donors (Lipinski definition) is 2. The molecule has 1 rings (SSSR count). The highest BCUT2D eigenvalue weighted by Crippen LogP contribution is 2.27. The number of halogens is 2. The molecule has 0 aromatic heterocycles. The van der Waals surface area contributed by atoms with Gasteiger partial charge in [-0.25, -0.2) is 5.43 Å². The van der Waals surface area contributed by atoms with Crippen molar-refractivity contribution >= 4 is 0 Å². The lowest BCUT2D eigenvalue weighted by atomic mass is 10.0. The molecule has 5 heteroatoms. The Morgan fingerprint density at radius 2 is 2.00 bits per heavy atom. The van der Waals surface area contributed by atoms with Crippen LogP contribution in [0.2, 0.25) is 0 Å². The van der Waals surface area contributed by atoms with Gasteiger partial charge in [0.25, 0.3) is 0 Å². The van der Waals surface area contributed by atoms with Crippen LogP contribution in [0.4, 0.5) is 8.78 Å². The molecule has 0 aliphatic rings. The maximum Gasteiger partial charge on any atom is 0.387 e. The molecule has 94 valence electrons. The normalized spacial score (nSPS) is 12.4. The van der Waals surface area contributed by atoms with E-state index in [2.05, 4.69) is 10.2 Å². The molecule has 1 unspecified atom stereocenters. The van der Waals surface area contributed by atoms with Crippen LogP contribution in [0, 0.1) is 0 Å². The van der Waals surface area contributed by atoms with Gasteiger partial charge >= 0.3 is 6.61 Å². The summed E-state index contributed by atoms with van der Waals surface area (Å²) in [5, 5.41) is 0. The van der Waals surface area contributed by atoms with Gasteiger partial charge in [-0.15, -0.1) is 0 Å². The third-order valence-corrected chi connectivity index (χ3v) is 2.15. The summed E-state index contributed by atoms with van der Waals surface area (Å²) >= 11 is 0. The van der Waals surface area contributed by atoms with Gasteiger partial charge in [0, 0.05) is 5.56 Å². The molecule has 0 aliphatic carbocycles. The SMILES string of the molecule is CC(C)=CC(NN)c1ccccc1OC(F)F. The van der Waals surface area contributed by atoms with Crippen LogP contribution in [0.5, 0.6) is 5.75 Å². The molecule has 17 heavy (non-hydrogen) atoms. The Labute approximate surface area is 99.2 Å². The molecule has 0 saturated carbocycles. The molecule has 0 spiro atoms. The van der Waals surface area contributed by atoms with E-state index >= 15 is 0 Å². The van der Waals surface area contributed by atoms with Crippen LogP contribution in [0.25, 0.3) is 0 Å². The second-order valence-electron chi connectivity index (χ2n) is 3.80. The molecule has 1 aromatic carbocycles. The van der Waals surface area contributed by atoms with Crippen LogP contribution < -0.4 is 16.0 Å². The summed E-state index contributed by atoms with van der Waals surface area (Å²) in [6.45, 7) is 0.961. The Bertz CT molecular complexity index is 390. The summed E-state index contributed by atoms with van der Waals surface area (Å²) in [4.78, 5) is 0. The number of nitrogens with one attached hydrogen (secondary N) is 1. The van der Waals surface area contributed by atoms with Gasteiger partial charge in [-0.3, -0.25) is 5.84 Å². The maximum atomic E-state index is 12.2. The lowest BCUT2D eigenvalue weighted by Crippen LogP contribution is -2.27. The minimum atomic E-state index is -2.85. The zero-order chi connectivity index (χ0) is 12.8. The van der Waals surface area contributed by atoms with Gasteiger partial charge in [0.1, 0.15) is 5.75 Å². The molecule has 0 amide bonds. The summed E-state index contributed by atoms with van der Waals surface area (Å²) in [6, 6.07) is 6.22. The van der Waals surface area contributed by atoms with E-state index in [1.54, 1.807) is 18.2 Å². The first-order valence-corrected chi connectivity index (χ1v) is 5.19. The second kappa shape index (κ2) is 6.32. The molecule has 0 aliphatic heterocycles. The van der Waals surface area contributed by atoms with E-state index in [0.717, 1.165) is 5.57 Å². The van der Waals surface area contributed by atoms with Crippen molar-refractivity contribution < 1.29 is 13.5 Å². The van der Waals surface area contributed by atoms with Gasteiger partial charge in [0.2, 0.25) is 0 Å². The minimum absolute atomic E-state index is 0.128. The quantitative estimate of drug-likeness (QED) is 0.474. The van der Waals surface area contributed by atoms with Crippen molar-refractivity contribution in [3.8, 4) is 5.75 Å². The molecule has 1 atom stereocenters. The Morgan fingerprint density at radius 3 is 2.53 bits per heavy atom. The minimum Gasteiger partial charge on any atom is -0.434 e. The topological polar surface area (TPSA) is 47.3 Å². The first-order valence-electron chi connectivity index (χ1n) is 5.19. The standard InChI is InChI=1S/C12H16F2N2O/c1-8(2)7-10(16-15)9-5-3-4-6-11(9)17-12(13)14/h3-7,10,12,16H,15H2,1-2H3. The van der Waals surface area contributed by atoms with Crippen LogP contribution >= 0.6 is 0 Å². The molecular weight excluding hydrogens is 226 g/mol. The van der Waals surface area contributed by atoms with Crippen molar-refractivity contribution in [3.05, 3.63) is 41.5 Å². The number of para-hydroxylation sites is 1. The smallest absolute Gasteiger partial charge is 0.387 e. The molecule has 0 heterocycles. The third-order valence-electron chi connectivity index (χ3n) is 2.15. The molecule has 0 radical (unpaired) electrons. The molecule has 1 aromatic rings. The zero-order valence-corrected chi connectivity index (χ0v) is 9.78. The number of hydrogen-bond acceptors (Lipinski definition) is 3. The molecule has 3 N–H and O–H groups in total. The van der Waals surface area contributed by atoms with E-state index in [9.17, 15) is 8.78 Å². The third kappa shape index (κ3) is 4.13. The van der Waals surface area contributed by atoms with Gasteiger partial charge in [-0.2, -0.15) is 8.78 Å². The largest absolute Gasteiger partial charge is 0.434 e. The number of rotatable bonds is 5. The molecule has 3 nitrogen and oxygen atoms in total. The van der Waals surface area contributed by atoms with Crippen molar-refractivity contribution in [1.82, 2.24) is 5.43 Å². The van der Waals surface area contributed by atoms with Crippen LogP contribution in [-0.2, 0) is 0 Å². The van der Waals surface area contributed by atoms with Crippen molar-refractivity contribution in [2.45, 2.75) is 26.5 Å². The zero-order valence-electron chi connectivity index (χ0n) is 9.78. The highest BCUT2D eigenvalue weighted by molar-refractivity contribution is 5.38. The number of allylic oxidation sites excluding steroid dienone is 1. The number of alkyl halides is 2. The summed E-state index contributed by atoms with van der Waals surface area (Å²) < 4.78 is 28.9. The molecular formula is C12H16F2N2O. The van der Waals surface area contributed by atoms with Gasteiger partial charge in [-0.05, 0) is 19.9 Å². The van der Waals surface area contributed by atoms with Gasteiger partial charge in [0.05, 0.1) is 6.04 Å². The number of nitrogens with two attached hydrogens (primary N) is 1. The Morgan fingerprint density at radius 1 is 1.35 bits per heavy atom. The lowest BCUT2D eigenvalue weighted by Gasteiger charge is -2.17. The van der Waals surface area contributed by atoms with Crippen LogP contribution in [0.1, 0.15) is 25.5 Å². The summed E-state index contributed by atoms with van der Waals surface area (Å²) in [6.07, 6.45) is 1.84. The maximum absolute atomic E-state index is 12.2. The Balaban J connectivity index is 3.05. The predicted octanol–water partition coefficient (Wildman–Crippen LogP) is 2.76. The van der Waals surface area contributed by atoms with Crippen LogP contribution in [0.15, 0.2) is 35.9 Å². The van der Waals surface area contributed by atoms with Crippen molar-refractivity contribution in [2.75, 3.05) is 0 Å². The summed E-state index contributed by atoms with van der Waals surface area (Å²) in [7, 11) is 0. The van der Waals surface area contributed by atoms with E-state index in [0.29, 0.717) is 5.56 Å².